The molecule has 6 heteroatoms. The van der Waals surface area contributed by atoms with Crippen LogP contribution in [0.4, 0.5) is 0 Å². The Morgan fingerprint density at radius 2 is 1.64 bits per heavy atom. The Kier molecular flexibility index (Phi) is 10.9. The molecule has 14 heavy (non-hydrogen) atoms. The molecular formula is C8H20O5S. The Morgan fingerprint density at radius 3 is 1.86 bits per heavy atom. The molecule has 0 aliphatic carbocycles. The van der Waals surface area contributed by atoms with Crippen molar-refractivity contribution in [2.75, 3.05) is 6.61 Å². The lowest BCUT2D eigenvalue weighted by Gasteiger charge is -2.08. The van der Waals surface area contributed by atoms with Crippen molar-refractivity contribution >= 4 is 10.4 Å². The lowest BCUT2D eigenvalue weighted by molar-refractivity contribution is 0.212. The van der Waals surface area contributed by atoms with Crippen LogP contribution in [0.3, 0.4) is 0 Å². The smallest absolute Gasteiger partial charge is 0.394 e. The van der Waals surface area contributed by atoms with E-state index >= 15 is 0 Å². The standard InChI is InChI=1S/C8H18O.H2O4S/c1-3-5-6-8(4-2)7-9;1-5(2,3)4/h8-9H,3-7H2,1-2H3;(H2,1,2,3,4). The normalized spacial score (nSPS) is 12.9. The average Bonchev–Trinajstić information content (AvgIpc) is 2.04. The highest BCUT2D eigenvalue weighted by molar-refractivity contribution is 7.79. The second-order valence-electron chi connectivity index (χ2n) is 3.05. The highest BCUT2D eigenvalue weighted by Crippen LogP contribution is 2.10. The van der Waals surface area contributed by atoms with Crippen LogP contribution in [0.25, 0.3) is 0 Å². The zero-order valence-corrected chi connectivity index (χ0v) is 9.50. The van der Waals surface area contributed by atoms with Gasteiger partial charge in [0.1, 0.15) is 0 Å². The van der Waals surface area contributed by atoms with Crippen LogP contribution >= 0.6 is 0 Å². The third-order valence-electron chi connectivity index (χ3n) is 1.80. The molecule has 0 aromatic rings. The summed E-state index contributed by atoms with van der Waals surface area (Å²) in [6.07, 6.45) is 4.83. The van der Waals surface area contributed by atoms with Crippen molar-refractivity contribution in [1.82, 2.24) is 0 Å². The van der Waals surface area contributed by atoms with Crippen molar-refractivity contribution in [2.24, 2.45) is 5.92 Å². The third kappa shape index (κ3) is 22.6. The van der Waals surface area contributed by atoms with Crippen LogP contribution in [0, 0.1) is 5.92 Å². The summed E-state index contributed by atoms with van der Waals surface area (Å²) in [5.74, 6) is 0.560. The van der Waals surface area contributed by atoms with Gasteiger partial charge in [0.2, 0.25) is 0 Å². The predicted octanol–water partition coefficient (Wildman–Crippen LogP) is 1.54. The minimum absolute atomic E-state index is 0.372. The largest absolute Gasteiger partial charge is 0.396 e. The first-order valence-electron chi connectivity index (χ1n) is 4.65. The van der Waals surface area contributed by atoms with Crippen LogP contribution in [-0.2, 0) is 10.4 Å². The van der Waals surface area contributed by atoms with Gasteiger partial charge in [0.15, 0.2) is 0 Å². The van der Waals surface area contributed by atoms with Crippen molar-refractivity contribution in [1.29, 1.82) is 0 Å². The number of aliphatic hydroxyl groups excluding tert-OH is 1. The summed E-state index contributed by atoms with van der Waals surface area (Å²) in [4.78, 5) is 0. The maximum absolute atomic E-state index is 8.75. The molecule has 5 nitrogen and oxygen atoms in total. The number of unbranched alkanes of at least 4 members (excludes halogenated alkanes) is 1. The first kappa shape index (κ1) is 16.3. The predicted molar refractivity (Wildman–Crippen MR) is 54.6 cm³/mol. The third-order valence-corrected chi connectivity index (χ3v) is 1.80. The van der Waals surface area contributed by atoms with E-state index in [1.165, 1.54) is 19.3 Å². The van der Waals surface area contributed by atoms with Gasteiger partial charge in [0, 0.05) is 6.61 Å². The monoisotopic (exact) mass is 228 g/mol. The van der Waals surface area contributed by atoms with Crippen molar-refractivity contribution < 1.29 is 22.6 Å². The molecular weight excluding hydrogens is 208 g/mol. The molecule has 0 amide bonds. The lowest BCUT2D eigenvalue weighted by Crippen LogP contribution is -2.03. The summed E-state index contributed by atoms with van der Waals surface area (Å²) < 4.78 is 31.6. The second-order valence-corrected chi connectivity index (χ2v) is 3.94. The molecule has 0 bridgehead atoms. The summed E-state index contributed by atoms with van der Waals surface area (Å²) in [5, 5.41) is 8.75. The number of rotatable bonds is 5. The van der Waals surface area contributed by atoms with Crippen LogP contribution in [0.5, 0.6) is 0 Å². The fourth-order valence-electron chi connectivity index (χ4n) is 0.917. The molecule has 0 saturated heterocycles. The van der Waals surface area contributed by atoms with Gasteiger partial charge in [-0.15, -0.1) is 0 Å². The van der Waals surface area contributed by atoms with Crippen LogP contribution < -0.4 is 0 Å². The van der Waals surface area contributed by atoms with E-state index in [9.17, 15) is 0 Å². The van der Waals surface area contributed by atoms with Gasteiger partial charge >= 0.3 is 10.4 Å². The van der Waals surface area contributed by atoms with Crippen molar-refractivity contribution in [3.05, 3.63) is 0 Å². The number of hydrogen-bond donors (Lipinski definition) is 3. The van der Waals surface area contributed by atoms with Gasteiger partial charge in [0.05, 0.1) is 0 Å². The molecule has 3 N–H and O–H groups in total. The quantitative estimate of drug-likeness (QED) is 0.620. The van der Waals surface area contributed by atoms with E-state index in [1.54, 1.807) is 0 Å². The average molecular weight is 228 g/mol. The summed E-state index contributed by atoms with van der Waals surface area (Å²) in [7, 11) is -4.67. The summed E-state index contributed by atoms with van der Waals surface area (Å²) >= 11 is 0. The molecule has 0 heterocycles. The molecule has 0 aliphatic heterocycles. The molecule has 0 fully saturated rings. The Hall–Kier alpha value is -0.170. The van der Waals surface area contributed by atoms with Gasteiger partial charge < -0.3 is 5.11 Å². The molecule has 0 saturated carbocycles. The molecule has 0 spiro atoms. The maximum Gasteiger partial charge on any atom is 0.394 e. The molecule has 0 aromatic carbocycles. The van der Waals surface area contributed by atoms with Gasteiger partial charge in [-0.25, -0.2) is 0 Å². The van der Waals surface area contributed by atoms with Crippen LogP contribution in [0.2, 0.25) is 0 Å². The summed E-state index contributed by atoms with van der Waals surface area (Å²) in [5.41, 5.74) is 0. The van der Waals surface area contributed by atoms with Crippen molar-refractivity contribution in [3.63, 3.8) is 0 Å². The number of hydrogen-bond acceptors (Lipinski definition) is 3. The van der Waals surface area contributed by atoms with Crippen molar-refractivity contribution in [2.45, 2.75) is 39.5 Å². The first-order valence-corrected chi connectivity index (χ1v) is 6.05. The topological polar surface area (TPSA) is 94.8 Å². The van der Waals surface area contributed by atoms with E-state index in [-0.39, 0.29) is 0 Å². The van der Waals surface area contributed by atoms with E-state index in [0.29, 0.717) is 12.5 Å². The van der Waals surface area contributed by atoms with Crippen LogP contribution in [-0.4, -0.2) is 29.2 Å². The minimum atomic E-state index is -4.67. The summed E-state index contributed by atoms with van der Waals surface area (Å²) in [6.45, 7) is 4.69. The Bertz CT molecular complexity index is 188. The second kappa shape index (κ2) is 9.39. The Morgan fingerprint density at radius 1 is 1.21 bits per heavy atom. The highest BCUT2D eigenvalue weighted by atomic mass is 32.3. The fourth-order valence-corrected chi connectivity index (χ4v) is 0.917. The van der Waals surface area contributed by atoms with Crippen LogP contribution in [0.15, 0.2) is 0 Å². The highest BCUT2D eigenvalue weighted by Gasteiger charge is 2.01. The minimum Gasteiger partial charge on any atom is -0.396 e. The molecule has 0 rings (SSSR count). The molecule has 0 aromatic heterocycles. The number of aliphatic hydroxyl groups is 1. The maximum atomic E-state index is 8.75. The molecule has 0 aliphatic rings. The molecule has 88 valence electrons. The Labute approximate surface area is 85.7 Å². The van der Waals surface area contributed by atoms with E-state index < -0.39 is 10.4 Å². The van der Waals surface area contributed by atoms with Gasteiger partial charge in [-0.3, -0.25) is 9.11 Å². The van der Waals surface area contributed by atoms with E-state index in [4.69, 9.17) is 22.6 Å². The SMILES string of the molecule is CCCCC(CC)CO.O=S(=O)(O)O. The van der Waals surface area contributed by atoms with Crippen LogP contribution in [0.1, 0.15) is 39.5 Å². The van der Waals surface area contributed by atoms with Gasteiger partial charge in [0.25, 0.3) is 0 Å². The molecule has 1 unspecified atom stereocenters. The zero-order chi connectivity index (χ0) is 11.6. The summed E-state index contributed by atoms with van der Waals surface area (Å²) in [6, 6.07) is 0. The van der Waals surface area contributed by atoms with Crippen molar-refractivity contribution in [3.8, 4) is 0 Å². The molecule has 1 atom stereocenters. The fraction of sp³-hybridized carbons (Fsp3) is 1.00. The first-order chi connectivity index (χ1) is 6.35. The molecule has 0 radical (unpaired) electrons. The van der Waals surface area contributed by atoms with Gasteiger partial charge in [-0.1, -0.05) is 33.1 Å². The zero-order valence-electron chi connectivity index (χ0n) is 8.68. The Balaban J connectivity index is 0. The van der Waals surface area contributed by atoms with E-state index in [0.717, 1.165) is 6.42 Å². The van der Waals surface area contributed by atoms with E-state index in [2.05, 4.69) is 13.8 Å². The van der Waals surface area contributed by atoms with Gasteiger partial charge in [-0.05, 0) is 12.3 Å². The van der Waals surface area contributed by atoms with Gasteiger partial charge in [-0.2, -0.15) is 8.42 Å². The van der Waals surface area contributed by atoms with E-state index in [1.807, 2.05) is 0 Å². The lowest BCUT2D eigenvalue weighted by atomic mass is 10.0.